The molecule has 1 N–H and O–H groups in total. The van der Waals surface area contributed by atoms with Crippen LogP contribution in [-0.4, -0.2) is 35.9 Å². The Hall–Kier alpha value is -0.780. The summed E-state index contributed by atoms with van der Waals surface area (Å²) in [5, 5.41) is 9.17. The Morgan fingerprint density at radius 3 is 2.41 bits per heavy atom. The minimum Gasteiger partial charge on any atom is -0.395 e. The van der Waals surface area contributed by atoms with Crippen molar-refractivity contribution >= 4 is 11.6 Å². The maximum atomic E-state index is 12.3. The maximum absolute atomic E-state index is 12.3. The summed E-state index contributed by atoms with van der Waals surface area (Å²) >= 11 is 5.87. The Labute approximate surface area is 103 Å². The van der Waals surface area contributed by atoms with E-state index in [1.165, 1.54) is 0 Å². The lowest BCUT2D eigenvalue weighted by Gasteiger charge is -2.23. The van der Waals surface area contributed by atoms with Gasteiger partial charge in [0, 0.05) is 18.1 Å². The van der Waals surface area contributed by atoms with Crippen LogP contribution >= 0.6 is 11.6 Å². The van der Waals surface area contributed by atoms with Gasteiger partial charge in [0.05, 0.1) is 13.2 Å². The van der Waals surface area contributed by atoms with E-state index in [0.29, 0.717) is 10.6 Å². The van der Waals surface area contributed by atoms with Gasteiger partial charge in [0.1, 0.15) is 0 Å². The van der Waals surface area contributed by atoms with E-state index in [-0.39, 0.29) is 19.7 Å². The maximum Gasteiger partial charge on any atom is 0.401 e. The van der Waals surface area contributed by atoms with Gasteiger partial charge in [-0.15, -0.1) is 0 Å². The standard InChI is InChI=1S/C11H13ClF3NO/c12-10-4-2-1-3-9(10)7-16(5-6-17)8-11(13,14)15/h1-4,17H,5-8H2. The molecule has 0 aliphatic carbocycles. The fraction of sp³-hybridized carbons (Fsp3) is 0.455. The summed E-state index contributed by atoms with van der Waals surface area (Å²) in [7, 11) is 0. The van der Waals surface area contributed by atoms with E-state index < -0.39 is 12.7 Å². The first-order chi connectivity index (χ1) is 7.92. The summed E-state index contributed by atoms with van der Waals surface area (Å²) in [5.41, 5.74) is 0.617. The zero-order valence-electron chi connectivity index (χ0n) is 9.04. The van der Waals surface area contributed by atoms with Crippen molar-refractivity contribution in [2.24, 2.45) is 0 Å². The van der Waals surface area contributed by atoms with Crippen LogP contribution in [0.2, 0.25) is 5.02 Å². The summed E-state index contributed by atoms with van der Waals surface area (Å²) in [6, 6.07) is 6.72. The Morgan fingerprint density at radius 2 is 1.88 bits per heavy atom. The van der Waals surface area contributed by atoms with Gasteiger partial charge in [-0.05, 0) is 11.6 Å². The van der Waals surface area contributed by atoms with Crippen LogP contribution in [0.4, 0.5) is 13.2 Å². The third kappa shape index (κ3) is 5.39. The third-order valence-corrected chi connectivity index (χ3v) is 2.54. The molecule has 0 radical (unpaired) electrons. The Morgan fingerprint density at radius 1 is 1.24 bits per heavy atom. The summed E-state index contributed by atoms with van der Waals surface area (Å²) in [6.07, 6.45) is -4.28. The quantitative estimate of drug-likeness (QED) is 0.887. The smallest absolute Gasteiger partial charge is 0.395 e. The van der Waals surface area contributed by atoms with E-state index in [1.54, 1.807) is 24.3 Å². The molecule has 0 heterocycles. The van der Waals surface area contributed by atoms with Crippen LogP contribution < -0.4 is 0 Å². The van der Waals surface area contributed by atoms with Crippen molar-refractivity contribution < 1.29 is 18.3 Å². The second-order valence-corrected chi connectivity index (χ2v) is 4.05. The molecule has 0 aromatic heterocycles. The van der Waals surface area contributed by atoms with Gasteiger partial charge in [0.15, 0.2) is 0 Å². The first-order valence-electron chi connectivity index (χ1n) is 5.06. The van der Waals surface area contributed by atoms with Gasteiger partial charge in [-0.3, -0.25) is 4.90 Å². The predicted molar refractivity (Wildman–Crippen MR) is 59.9 cm³/mol. The molecule has 0 fully saturated rings. The van der Waals surface area contributed by atoms with Gasteiger partial charge in [0.2, 0.25) is 0 Å². The summed E-state index contributed by atoms with van der Waals surface area (Å²) in [6.45, 7) is -1.34. The molecule has 0 unspecified atom stereocenters. The number of halogens is 4. The first kappa shape index (κ1) is 14.3. The van der Waals surface area contributed by atoms with Gasteiger partial charge in [-0.1, -0.05) is 29.8 Å². The molecule has 1 aromatic rings. The molecular formula is C11H13ClF3NO. The number of benzene rings is 1. The number of alkyl halides is 3. The number of rotatable bonds is 5. The number of hydrogen-bond acceptors (Lipinski definition) is 2. The van der Waals surface area contributed by atoms with Crippen molar-refractivity contribution in [1.82, 2.24) is 4.90 Å². The van der Waals surface area contributed by atoms with E-state index in [9.17, 15) is 13.2 Å². The lowest BCUT2D eigenvalue weighted by molar-refractivity contribution is -0.147. The van der Waals surface area contributed by atoms with Crippen molar-refractivity contribution in [3.8, 4) is 0 Å². The van der Waals surface area contributed by atoms with Crippen LogP contribution in [0, 0.1) is 0 Å². The van der Waals surface area contributed by atoms with Crippen molar-refractivity contribution in [2.75, 3.05) is 19.7 Å². The van der Waals surface area contributed by atoms with Crippen molar-refractivity contribution in [3.63, 3.8) is 0 Å². The van der Waals surface area contributed by atoms with Gasteiger partial charge in [-0.25, -0.2) is 0 Å². The highest BCUT2D eigenvalue weighted by molar-refractivity contribution is 6.31. The first-order valence-corrected chi connectivity index (χ1v) is 5.43. The number of nitrogens with zero attached hydrogens (tertiary/aromatic N) is 1. The molecule has 1 rings (SSSR count). The Bertz CT molecular complexity index is 357. The largest absolute Gasteiger partial charge is 0.401 e. The van der Waals surface area contributed by atoms with Crippen LogP contribution in [0.25, 0.3) is 0 Å². The molecule has 0 aliphatic heterocycles. The number of hydrogen-bond donors (Lipinski definition) is 1. The molecule has 0 spiro atoms. The van der Waals surface area contributed by atoms with Crippen LogP contribution in [0.3, 0.4) is 0 Å². The Kier molecular flexibility index (Phi) is 5.24. The normalized spacial score (nSPS) is 12.1. The summed E-state index contributed by atoms with van der Waals surface area (Å²) in [5.74, 6) is 0. The average molecular weight is 268 g/mol. The summed E-state index contributed by atoms with van der Waals surface area (Å²) in [4.78, 5) is 1.11. The van der Waals surface area contributed by atoms with Gasteiger partial charge in [-0.2, -0.15) is 13.2 Å². The molecular weight excluding hydrogens is 255 g/mol. The third-order valence-electron chi connectivity index (χ3n) is 2.17. The minimum absolute atomic E-state index is 0.0370. The monoisotopic (exact) mass is 267 g/mol. The molecule has 6 heteroatoms. The summed E-state index contributed by atoms with van der Waals surface area (Å²) < 4.78 is 36.8. The highest BCUT2D eigenvalue weighted by Crippen LogP contribution is 2.21. The zero-order chi connectivity index (χ0) is 12.9. The number of aliphatic hydroxyl groups excluding tert-OH is 1. The zero-order valence-corrected chi connectivity index (χ0v) is 9.80. The van der Waals surface area contributed by atoms with E-state index in [2.05, 4.69) is 0 Å². The molecule has 17 heavy (non-hydrogen) atoms. The minimum atomic E-state index is -4.28. The molecule has 0 atom stereocenters. The second-order valence-electron chi connectivity index (χ2n) is 3.64. The van der Waals surface area contributed by atoms with E-state index in [4.69, 9.17) is 16.7 Å². The molecule has 1 aromatic carbocycles. The fourth-order valence-electron chi connectivity index (χ4n) is 1.48. The SMILES string of the molecule is OCCN(Cc1ccccc1Cl)CC(F)(F)F. The van der Waals surface area contributed by atoms with Crippen LogP contribution in [0.1, 0.15) is 5.56 Å². The van der Waals surface area contributed by atoms with Crippen molar-refractivity contribution in [1.29, 1.82) is 0 Å². The number of aliphatic hydroxyl groups is 1. The Balaban J connectivity index is 2.70. The second kappa shape index (κ2) is 6.23. The van der Waals surface area contributed by atoms with Crippen LogP contribution in [0.15, 0.2) is 24.3 Å². The van der Waals surface area contributed by atoms with E-state index >= 15 is 0 Å². The highest BCUT2D eigenvalue weighted by Gasteiger charge is 2.30. The molecule has 0 saturated heterocycles. The molecule has 0 bridgehead atoms. The molecule has 96 valence electrons. The molecule has 2 nitrogen and oxygen atoms in total. The van der Waals surface area contributed by atoms with Gasteiger partial charge >= 0.3 is 6.18 Å². The lowest BCUT2D eigenvalue weighted by atomic mass is 10.2. The fourth-order valence-corrected chi connectivity index (χ4v) is 1.67. The van der Waals surface area contributed by atoms with E-state index in [0.717, 1.165) is 4.90 Å². The topological polar surface area (TPSA) is 23.5 Å². The van der Waals surface area contributed by atoms with Gasteiger partial charge < -0.3 is 5.11 Å². The lowest BCUT2D eigenvalue weighted by Crippen LogP contribution is -2.35. The van der Waals surface area contributed by atoms with Crippen LogP contribution in [-0.2, 0) is 6.54 Å². The predicted octanol–water partition coefficient (Wildman–Crippen LogP) is 2.70. The molecule has 0 saturated carbocycles. The molecule has 0 amide bonds. The molecule has 0 aliphatic rings. The van der Waals surface area contributed by atoms with Crippen molar-refractivity contribution in [3.05, 3.63) is 34.9 Å². The van der Waals surface area contributed by atoms with Gasteiger partial charge in [0.25, 0.3) is 0 Å². The van der Waals surface area contributed by atoms with E-state index in [1.807, 2.05) is 0 Å². The highest BCUT2D eigenvalue weighted by atomic mass is 35.5. The average Bonchev–Trinajstić information content (AvgIpc) is 2.19. The van der Waals surface area contributed by atoms with Crippen LogP contribution in [0.5, 0.6) is 0 Å². The van der Waals surface area contributed by atoms with Crippen molar-refractivity contribution in [2.45, 2.75) is 12.7 Å².